The third kappa shape index (κ3) is 4.56. The molecule has 3 aromatic rings. The zero-order chi connectivity index (χ0) is 19.2. The fraction of sp³-hybridized carbons (Fsp3) is 0.273. The molecule has 1 N–H and O–H groups in total. The van der Waals surface area contributed by atoms with Crippen LogP contribution in [-0.4, -0.2) is 28.8 Å². The van der Waals surface area contributed by atoms with E-state index in [-0.39, 0.29) is 5.91 Å². The van der Waals surface area contributed by atoms with Crippen molar-refractivity contribution in [2.24, 2.45) is 7.05 Å². The number of amides is 1. The van der Waals surface area contributed by atoms with Crippen molar-refractivity contribution in [2.75, 3.05) is 13.2 Å². The SMILES string of the molecule is CC(C)c1cc(C(=O)NCCOc2ccccc2-c2ccccc2)nn1C. The van der Waals surface area contributed by atoms with Crippen LogP contribution in [0, 0.1) is 0 Å². The summed E-state index contributed by atoms with van der Waals surface area (Å²) in [5.74, 6) is 0.942. The van der Waals surface area contributed by atoms with Gasteiger partial charge in [0.2, 0.25) is 0 Å². The molecule has 0 bridgehead atoms. The smallest absolute Gasteiger partial charge is 0.271 e. The number of rotatable bonds is 7. The number of hydrogen-bond acceptors (Lipinski definition) is 3. The van der Waals surface area contributed by atoms with E-state index in [1.807, 2.05) is 55.6 Å². The first kappa shape index (κ1) is 18.7. The Morgan fingerprint density at radius 3 is 2.52 bits per heavy atom. The van der Waals surface area contributed by atoms with E-state index >= 15 is 0 Å². The quantitative estimate of drug-likeness (QED) is 0.645. The minimum Gasteiger partial charge on any atom is -0.491 e. The average molecular weight is 363 g/mol. The molecule has 5 heteroatoms. The predicted octanol–water partition coefficient (Wildman–Crippen LogP) is 4.02. The molecule has 1 amide bonds. The van der Waals surface area contributed by atoms with Crippen molar-refractivity contribution in [3.8, 4) is 16.9 Å². The zero-order valence-corrected chi connectivity index (χ0v) is 16.0. The fourth-order valence-corrected chi connectivity index (χ4v) is 3.00. The summed E-state index contributed by atoms with van der Waals surface area (Å²) in [4.78, 5) is 12.3. The van der Waals surface area contributed by atoms with Gasteiger partial charge < -0.3 is 10.1 Å². The summed E-state index contributed by atoms with van der Waals surface area (Å²) < 4.78 is 7.66. The van der Waals surface area contributed by atoms with Gasteiger partial charge in [-0.1, -0.05) is 62.4 Å². The predicted molar refractivity (Wildman–Crippen MR) is 107 cm³/mol. The van der Waals surface area contributed by atoms with E-state index in [0.29, 0.717) is 24.8 Å². The molecule has 27 heavy (non-hydrogen) atoms. The number of benzene rings is 2. The van der Waals surface area contributed by atoms with Gasteiger partial charge in [-0.25, -0.2) is 0 Å². The molecule has 0 aliphatic carbocycles. The van der Waals surface area contributed by atoms with Gasteiger partial charge in [-0.3, -0.25) is 9.48 Å². The Kier molecular flexibility index (Phi) is 5.91. The topological polar surface area (TPSA) is 56.1 Å². The lowest BCUT2D eigenvalue weighted by Gasteiger charge is -2.12. The first-order chi connectivity index (χ1) is 13.1. The molecule has 1 heterocycles. The van der Waals surface area contributed by atoms with E-state index in [0.717, 1.165) is 22.6 Å². The maximum Gasteiger partial charge on any atom is 0.271 e. The lowest BCUT2D eigenvalue weighted by molar-refractivity contribution is 0.0941. The molecule has 5 nitrogen and oxygen atoms in total. The molecule has 140 valence electrons. The Morgan fingerprint density at radius 1 is 1.11 bits per heavy atom. The maximum absolute atomic E-state index is 12.3. The summed E-state index contributed by atoms with van der Waals surface area (Å²) in [7, 11) is 1.86. The van der Waals surface area contributed by atoms with Gasteiger partial charge in [-0.15, -0.1) is 0 Å². The molecular formula is C22H25N3O2. The molecule has 2 aromatic carbocycles. The van der Waals surface area contributed by atoms with Crippen LogP contribution in [0.4, 0.5) is 0 Å². The highest BCUT2D eigenvalue weighted by Gasteiger charge is 2.14. The van der Waals surface area contributed by atoms with Crippen molar-refractivity contribution in [1.29, 1.82) is 0 Å². The minimum absolute atomic E-state index is 0.183. The van der Waals surface area contributed by atoms with E-state index in [9.17, 15) is 4.79 Å². The van der Waals surface area contributed by atoms with Crippen LogP contribution in [0.3, 0.4) is 0 Å². The molecule has 0 saturated heterocycles. The van der Waals surface area contributed by atoms with Gasteiger partial charge >= 0.3 is 0 Å². The number of aromatic nitrogens is 2. The van der Waals surface area contributed by atoms with Crippen LogP contribution >= 0.6 is 0 Å². The molecule has 0 aliphatic rings. The second kappa shape index (κ2) is 8.54. The molecule has 0 fully saturated rings. The first-order valence-electron chi connectivity index (χ1n) is 9.15. The fourth-order valence-electron chi connectivity index (χ4n) is 3.00. The van der Waals surface area contributed by atoms with Gasteiger partial charge in [0.15, 0.2) is 0 Å². The highest BCUT2D eigenvalue weighted by molar-refractivity contribution is 5.92. The van der Waals surface area contributed by atoms with Crippen LogP contribution in [0.15, 0.2) is 60.7 Å². The summed E-state index contributed by atoms with van der Waals surface area (Å²) in [5, 5.41) is 7.15. The van der Waals surface area contributed by atoms with Gasteiger partial charge in [0, 0.05) is 18.3 Å². The first-order valence-corrected chi connectivity index (χ1v) is 9.15. The van der Waals surface area contributed by atoms with Crippen molar-refractivity contribution >= 4 is 5.91 Å². The number of carbonyl (C=O) groups excluding carboxylic acids is 1. The lowest BCUT2D eigenvalue weighted by Crippen LogP contribution is -2.28. The van der Waals surface area contributed by atoms with Crippen LogP contribution in [0.5, 0.6) is 5.75 Å². The van der Waals surface area contributed by atoms with Crippen LogP contribution in [0.25, 0.3) is 11.1 Å². The zero-order valence-electron chi connectivity index (χ0n) is 16.0. The molecule has 1 aromatic heterocycles. The second-order valence-electron chi connectivity index (χ2n) is 6.70. The van der Waals surface area contributed by atoms with E-state index in [1.54, 1.807) is 4.68 Å². The van der Waals surface area contributed by atoms with Gasteiger partial charge in [-0.05, 0) is 23.6 Å². The van der Waals surface area contributed by atoms with Crippen LogP contribution in [0.1, 0.15) is 35.9 Å². The normalized spacial score (nSPS) is 10.8. The number of aryl methyl sites for hydroxylation is 1. The van der Waals surface area contributed by atoms with Crippen LogP contribution < -0.4 is 10.1 Å². The number of hydrogen-bond donors (Lipinski definition) is 1. The van der Waals surface area contributed by atoms with Gasteiger partial charge in [0.25, 0.3) is 5.91 Å². The van der Waals surface area contributed by atoms with Crippen molar-refractivity contribution in [3.63, 3.8) is 0 Å². The van der Waals surface area contributed by atoms with Gasteiger partial charge in [-0.2, -0.15) is 5.10 Å². The standard InChI is InChI=1S/C22H25N3O2/c1-16(2)20-15-19(24-25(20)3)22(26)23-13-14-27-21-12-8-7-11-18(21)17-9-5-4-6-10-17/h4-12,15-16H,13-14H2,1-3H3,(H,23,26). The molecule has 3 rings (SSSR count). The van der Waals surface area contributed by atoms with Crippen molar-refractivity contribution in [3.05, 3.63) is 72.1 Å². The van der Waals surface area contributed by atoms with E-state index in [4.69, 9.17) is 4.74 Å². The second-order valence-corrected chi connectivity index (χ2v) is 6.70. The van der Waals surface area contributed by atoms with Crippen LogP contribution in [-0.2, 0) is 7.05 Å². The summed E-state index contributed by atoms with van der Waals surface area (Å²) in [6, 6.07) is 19.9. The summed E-state index contributed by atoms with van der Waals surface area (Å²) in [5.41, 5.74) is 3.61. The third-order valence-corrected chi connectivity index (χ3v) is 4.36. The van der Waals surface area contributed by atoms with E-state index in [2.05, 4.69) is 36.4 Å². The van der Waals surface area contributed by atoms with Crippen molar-refractivity contribution in [1.82, 2.24) is 15.1 Å². The molecule has 0 radical (unpaired) electrons. The number of para-hydroxylation sites is 1. The van der Waals surface area contributed by atoms with E-state index < -0.39 is 0 Å². The van der Waals surface area contributed by atoms with Crippen molar-refractivity contribution < 1.29 is 9.53 Å². The number of nitrogens with one attached hydrogen (secondary N) is 1. The Bertz CT molecular complexity index is 901. The van der Waals surface area contributed by atoms with Crippen LogP contribution in [0.2, 0.25) is 0 Å². The Labute approximate surface area is 160 Å². The Hall–Kier alpha value is -3.08. The highest BCUT2D eigenvalue weighted by atomic mass is 16.5. The minimum atomic E-state index is -0.183. The summed E-state index contributed by atoms with van der Waals surface area (Å²) in [6.45, 7) is 4.96. The molecule has 0 saturated carbocycles. The number of nitrogens with zero attached hydrogens (tertiary/aromatic N) is 2. The molecule has 0 aliphatic heterocycles. The Morgan fingerprint density at radius 2 is 1.81 bits per heavy atom. The average Bonchev–Trinajstić information content (AvgIpc) is 3.08. The number of ether oxygens (including phenoxy) is 1. The lowest BCUT2D eigenvalue weighted by atomic mass is 10.1. The largest absolute Gasteiger partial charge is 0.491 e. The van der Waals surface area contributed by atoms with Gasteiger partial charge in [0.05, 0.1) is 6.54 Å². The summed E-state index contributed by atoms with van der Waals surface area (Å²) in [6.07, 6.45) is 0. The molecular weight excluding hydrogens is 338 g/mol. The maximum atomic E-state index is 12.3. The highest BCUT2D eigenvalue weighted by Crippen LogP contribution is 2.29. The van der Waals surface area contributed by atoms with Gasteiger partial charge in [0.1, 0.15) is 18.1 Å². The van der Waals surface area contributed by atoms with E-state index in [1.165, 1.54) is 0 Å². The monoisotopic (exact) mass is 363 g/mol. The molecule has 0 unspecified atom stereocenters. The Balaban J connectivity index is 1.57. The summed E-state index contributed by atoms with van der Waals surface area (Å²) >= 11 is 0. The third-order valence-electron chi connectivity index (χ3n) is 4.36. The molecule has 0 spiro atoms. The molecule has 0 atom stereocenters. The van der Waals surface area contributed by atoms with Crippen molar-refractivity contribution in [2.45, 2.75) is 19.8 Å². The number of carbonyl (C=O) groups is 1.